The molecule has 1 aliphatic heterocycles. The first-order chi connectivity index (χ1) is 31.8. The Hall–Kier alpha value is -8.54. The zero-order valence-corrected chi connectivity index (χ0v) is 34.6. The van der Waals surface area contributed by atoms with Crippen molar-refractivity contribution in [1.29, 1.82) is 0 Å². The van der Waals surface area contributed by atoms with Gasteiger partial charge in [0.2, 0.25) is 0 Å². The molecule has 11 aromatic rings. The van der Waals surface area contributed by atoms with Crippen LogP contribution in [0, 0.1) is 0 Å². The zero-order chi connectivity index (χ0) is 42.2. The Bertz CT molecular complexity index is 3500. The number of pyridine rings is 1. The summed E-state index contributed by atoms with van der Waals surface area (Å²) in [6.45, 7) is 0. The van der Waals surface area contributed by atoms with E-state index in [0.29, 0.717) is 17.5 Å². The molecule has 0 unspecified atom stereocenters. The minimum Gasteiger partial charge on any atom is -0.310 e. The Kier molecular flexibility index (Phi) is 8.06. The molecule has 298 valence electrons. The zero-order valence-electron chi connectivity index (χ0n) is 34.6. The minimum atomic E-state index is -0.563. The lowest BCUT2D eigenvalue weighted by Gasteiger charge is -2.45. The van der Waals surface area contributed by atoms with Crippen molar-refractivity contribution < 1.29 is 0 Å². The van der Waals surface area contributed by atoms with Gasteiger partial charge in [0, 0.05) is 44.1 Å². The molecule has 13 rings (SSSR count). The third-order valence-electron chi connectivity index (χ3n) is 13.1. The van der Waals surface area contributed by atoms with E-state index in [-0.39, 0.29) is 0 Å². The molecular weight excluding hydrogens is 779 g/mol. The third kappa shape index (κ3) is 5.31. The highest BCUT2D eigenvalue weighted by atomic mass is 15.2. The van der Waals surface area contributed by atoms with Crippen LogP contribution in [0.4, 0.5) is 17.1 Å². The Balaban J connectivity index is 1.03. The second-order valence-electron chi connectivity index (χ2n) is 16.5. The minimum absolute atomic E-state index is 0.563. The van der Waals surface area contributed by atoms with Gasteiger partial charge in [-0.05, 0) is 63.7 Å². The van der Waals surface area contributed by atoms with E-state index in [1.54, 1.807) is 0 Å². The summed E-state index contributed by atoms with van der Waals surface area (Å²) in [5.41, 5.74) is 16.2. The molecule has 0 saturated carbocycles. The van der Waals surface area contributed by atoms with Crippen LogP contribution in [-0.4, -0.2) is 19.9 Å². The van der Waals surface area contributed by atoms with Crippen molar-refractivity contribution in [2.24, 2.45) is 0 Å². The molecule has 3 heterocycles. The van der Waals surface area contributed by atoms with Crippen LogP contribution in [0.2, 0.25) is 0 Å². The lowest BCUT2D eigenvalue weighted by Crippen LogP contribution is -2.36. The van der Waals surface area contributed by atoms with E-state index < -0.39 is 5.41 Å². The molecule has 0 amide bonds. The quantitative estimate of drug-likeness (QED) is 0.162. The molecule has 2 aromatic heterocycles. The molecule has 64 heavy (non-hydrogen) atoms. The second kappa shape index (κ2) is 14.3. The van der Waals surface area contributed by atoms with Gasteiger partial charge in [-0.1, -0.05) is 194 Å². The van der Waals surface area contributed by atoms with E-state index in [9.17, 15) is 0 Å². The highest BCUT2D eigenvalue weighted by Gasteiger charge is 2.52. The fraction of sp³-hybridized carbons (Fsp3) is 0.0169. The van der Waals surface area contributed by atoms with Gasteiger partial charge in [-0.3, -0.25) is 0 Å². The SMILES string of the molecule is c1ccc(-c2nc(-c3ccccc3)nc(-c3ccc(-c4nc5ccccc5c5c6c(ccc45)C4(c5ccccc5-6)c5ccccc5N(c5ccccc5)c5ccccc54)cc3)n2)cc1. The summed E-state index contributed by atoms with van der Waals surface area (Å²) < 4.78 is 0. The third-order valence-corrected chi connectivity index (χ3v) is 13.1. The maximum Gasteiger partial charge on any atom is 0.164 e. The van der Waals surface area contributed by atoms with Gasteiger partial charge in [-0.15, -0.1) is 0 Å². The van der Waals surface area contributed by atoms with E-state index in [2.05, 4.69) is 169 Å². The summed E-state index contributed by atoms with van der Waals surface area (Å²) in [6, 6.07) is 79.9. The van der Waals surface area contributed by atoms with Crippen molar-refractivity contribution in [1.82, 2.24) is 19.9 Å². The smallest absolute Gasteiger partial charge is 0.164 e. The molecule has 0 saturated heterocycles. The van der Waals surface area contributed by atoms with Gasteiger partial charge in [-0.25, -0.2) is 19.9 Å². The van der Waals surface area contributed by atoms with Gasteiger partial charge >= 0.3 is 0 Å². The van der Waals surface area contributed by atoms with Crippen molar-refractivity contribution in [3.05, 3.63) is 247 Å². The van der Waals surface area contributed by atoms with Crippen LogP contribution in [-0.2, 0) is 5.41 Å². The predicted octanol–water partition coefficient (Wildman–Crippen LogP) is 14.4. The van der Waals surface area contributed by atoms with E-state index in [4.69, 9.17) is 19.9 Å². The first-order valence-electron chi connectivity index (χ1n) is 21.7. The molecular formula is C59H37N5. The number of para-hydroxylation sites is 4. The fourth-order valence-corrected chi connectivity index (χ4v) is 10.4. The number of benzene rings is 9. The van der Waals surface area contributed by atoms with Crippen LogP contribution in [0.25, 0.3) is 78.2 Å². The lowest BCUT2D eigenvalue weighted by molar-refractivity contribution is 0.753. The van der Waals surface area contributed by atoms with Crippen molar-refractivity contribution >= 4 is 38.7 Å². The monoisotopic (exact) mass is 815 g/mol. The number of nitrogens with zero attached hydrogens (tertiary/aromatic N) is 5. The molecule has 5 nitrogen and oxygen atoms in total. The number of aromatic nitrogens is 4. The van der Waals surface area contributed by atoms with Crippen molar-refractivity contribution in [3.63, 3.8) is 0 Å². The molecule has 0 fully saturated rings. The molecule has 0 atom stereocenters. The summed E-state index contributed by atoms with van der Waals surface area (Å²) in [7, 11) is 0. The van der Waals surface area contributed by atoms with Gasteiger partial charge in [0.05, 0.1) is 28.0 Å². The van der Waals surface area contributed by atoms with Crippen molar-refractivity contribution in [2.45, 2.75) is 5.41 Å². The number of hydrogen-bond acceptors (Lipinski definition) is 5. The largest absolute Gasteiger partial charge is 0.310 e. The first-order valence-corrected chi connectivity index (χ1v) is 21.7. The highest BCUT2D eigenvalue weighted by molar-refractivity contribution is 6.20. The molecule has 0 radical (unpaired) electrons. The second-order valence-corrected chi connectivity index (χ2v) is 16.5. The Labute approximate surface area is 370 Å². The standard InChI is InChI=1S/C59H37N5/c1-4-18-39(19-5-1)56-61-57(40-20-6-2-7-21-40)63-58(62-56)41-34-32-38(33-35-41)55-45-36-37-49-54(53(45)44-25-11-15-29-50(44)60-55)43-24-10-12-26-46(43)59(49)47-27-13-16-30-51(47)64(42-22-8-3-9-23-42)52-31-17-14-28-48(52)59/h1-37H. The first kappa shape index (κ1) is 36.1. The highest BCUT2D eigenvalue weighted by Crippen LogP contribution is 2.64. The van der Waals surface area contributed by atoms with Gasteiger partial charge in [0.25, 0.3) is 0 Å². The number of rotatable bonds is 5. The summed E-state index contributed by atoms with van der Waals surface area (Å²) >= 11 is 0. The van der Waals surface area contributed by atoms with Crippen LogP contribution in [0.5, 0.6) is 0 Å². The molecule has 1 spiro atoms. The van der Waals surface area contributed by atoms with Crippen molar-refractivity contribution in [2.75, 3.05) is 4.90 Å². The number of anilines is 3. The van der Waals surface area contributed by atoms with Crippen molar-refractivity contribution in [3.8, 4) is 56.5 Å². The summed E-state index contributed by atoms with van der Waals surface area (Å²) in [5, 5.41) is 3.46. The van der Waals surface area contributed by atoms with Gasteiger partial charge in [-0.2, -0.15) is 0 Å². The summed E-state index contributed by atoms with van der Waals surface area (Å²) in [5.74, 6) is 1.89. The number of fused-ring (bicyclic) bond motifs is 13. The Morgan fingerprint density at radius 1 is 0.328 bits per heavy atom. The van der Waals surface area contributed by atoms with Crippen LogP contribution >= 0.6 is 0 Å². The van der Waals surface area contributed by atoms with Crippen LogP contribution in [0.1, 0.15) is 22.3 Å². The average molecular weight is 816 g/mol. The molecule has 2 aliphatic rings. The Morgan fingerprint density at radius 2 is 0.812 bits per heavy atom. The van der Waals surface area contributed by atoms with E-state index in [1.807, 2.05) is 60.7 Å². The molecule has 5 heteroatoms. The average Bonchev–Trinajstić information content (AvgIpc) is 3.67. The Morgan fingerprint density at radius 3 is 1.44 bits per heavy atom. The summed E-state index contributed by atoms with van der Waals surface area (Å²) in [6.07, 6.45) is 0. The molecule has 0 bridgehead atoms. The fourth-order valence-electron chi connectivity index (χ4n) is 10.4. The molecule has 9 aromatic carbocycles. The normalized spacial score (nSPS) is 13.1. The van der Waals surface area contributed by atoms with E-state index in [0.717, 1.165) is 49.9 Å². The molecule has 1 aliphatic carbocycles. The van der Waals surface area contributed by atoms with Gasteiger partial charge < -0.3 is 4.90 Å². The van der Waals surface area contributed by atoms with Crippen LogP contribution in [0.15, 0.2) is 224 Å². The van der Waals surface area contributed by atoms with E-state index in [1.165, 1.54) is 50.1 Å². The topological polar surface area (TPSA) is 54.8 Å². The maximum atomic E-state index is 5.44. The lowest BCUT2D eigenvalue weighted by atomic mass is 9.64. The number of hydrogen-bond donors (Lipinski definition) is 0. The molecule has 0 N–H and O–H groups in total. The maximum absolute atomic E-state index is 5.44. The summed E-state index contributed by atoms with van der Waals surface area (Å²) in [4.78, 5) is 22.8. The van der Waals surface area contributed by atoms with E-state index >= 15 is 0 Å². The van der Waals surface area contributed by atoms with Crippen LogP contribution in [0.3, 0.4) is 0 Å². The van der Waals surface area contributed by atoms with Gasteiger partial charge in [0.15, 0.2) is 17.5 Å². The predicted molar refractivity (Wildman–Crippen MR) is 260 cm³/mol. The van der Waals surface area contributed by atoms with Gasteiger partial charge in [0.1, 0.15) is 0 Å². The van der Waals surface area contributed by atoms with Crippen LogP contribution < -0.4 is 4.90 Å².